The normalized spacial score (nSPS) is 12.6. The predicted octanol–water partition coefficient (Wildman–Crippen LogP) is 3.10. The summed E-state index contributed by atoms with van der Waals surface area (Å²) in [4.78, 5) is 0. The van der Waals surface area contributed by atoms with Gasteiger partial charge < -0.3 is 4.42 Å². The number of hydrogen-bond acceptors (Lipinski definition) is 3. The summed E-state index contributed by atoms with van der Waals surface area (Å²) in [6, 6.07) is 10.3. The molecule has 4 heteroatoms. The van der Waals surface area contributed by atoms with Crippen molar-refractivity contribution in [3.8, 4) is 0 Å². The first-order valence-corrected chi connectivity index (χ1v) is 6.24. The number of rotatable bonds is 4. The minimum Gasteiger partial charge on any atom is -0.469 e. The molecule has 0 fully saturated rings. The molecule has 3 nitrogen and oxygen atoms in total. The Morgan fingerprint density at radius 2 is 2.06 bits per heavy atom. The first-order valence-electron chi connectivity index (χ1n) is 5.44. The van der Waals surface area contributed by atoms with Crippen molar-refractivity contribution in [2.24, 2.45) is 5.84 Å². The van der Waals surface area contributed by atoms with Gasteiger partial charge in [0.2, 0.25) is 0 Å². The molecule has 0 saturated heterocycles. The van der Waals surface area contributed by atoms with Gasteiger partial charge in [-0.15, -0.1) is 0 Å². The van der Waals surface area contributed by atoms with Crippen molar-refractivity contribution < 1.29 is 4.42 Å². The number of hydrogen-bond donors (Lipinski definition) is 2. The van der Waals surface area contributed by atoms with Gasteiger partial charge in [0.1, 0.15) is 5.76 Å². The number of furan rings is 1. The number of nitrogens with one attached hydrogen (secondary N) is 1. The van der Waals surface area contributed by atoms with Gasteiger partial charge in [0.25, 0.3) is 0 Å². The molecule has 2 rings (SSSR count). The van der Waals surface area contributed by atoms with E-state index in [1.54, 1.807) is 6.26 Å². The Labute approximate surface area is 109 Å². The minimum absolute atomic E-state index is 0.0774. The van der Waals surface area contributed by atoms with E-state index in [1.807, 2.05) is 25.1 Å². The lowest BCUT2D eigenvalue weighted by Gasteiger charge is -2.14. The molecule has 1 unspecified atom stereocenters. The molecule has 0 radical (unpaired) electrons. The Bertz CT molecular complexity index is 478. The highest BCUT2D eigenvalue weighted by Crippen LogP contribution is 2.21. The van der Waals surface area contributed by atoms with Gasteiger partial charge >= 0.3 is 0 Å². The average molecular weight is 295 g/mol. The Morgan fingerprint density at radius 3 is 2.59 bits per heavy atom. The maximum Gasteiger partial charge on any atom is 0.101 e. The van der Waals surface area contributed by atoms with Crippen molar-refractivity contribution in [2.75, 3.05) is 0 Å². The Balaban J connectivity index is 2.12. The number of benzene rings is 1. The monoisotopic (exact) mass is 294 g/mol. The molecule has 0 spiro atoms. The van der Waals surface area contributed by atoms with Crippen molar-refractivity contribution >= 4 is 15.9 Å². The molecule has 0 aliphatic carbocycles. The van der Waals surface area contributed by atoms with E-state index in [9.17, 15) is 0 Å². The standard InChI is InChI=1S/C13H15BrN2O/c1-9-6-11(8-17-9)13(16-15)7-10-2-4-12(14)5-3-10/h2-6,8,13,16H,7,15H2,1H3. The van der Waals surface area contributed by atoms with E-state index in [4.69, 9.17) is 10.3 Å². The molecule has 2 aromatic rings. The molecule has 3 N–H and O–H groups in total. The molecule has 1 atom stereocenters. The summed E-state index contributed by atoms with van der Waals surface area (Å²) in [5.41, 5.74) is 5.13. The third-order valence-corrected chi connectivity index (χ3v) is 3.24. The number of aryl methyl sites for hydroxylation is 1. The summed E-state index contributed by atoms with van der Waals surface area (Å²) in [6.45, 7) is 1.93. The summed E-state index contributed by atoms with van der Waals surface area (Å²) in [5.74, 6) is 6.49. The molecular formula is C13H15BrN2O. The predicted molar refractivity (Wildman–Crippen MR) is 71.4 cm³/mol. The summed E-state index contributed by atoms with van der Waals surface area (Å²) in [6.07, 6.45) is 2.58. The summed E-state index contributed by atoms with van der Waals surface area (Å²) >= 11 is 3.42. The number of hydrazine groups is 1. The van der Waals surface area contributed by atoms with Crippen LogP contribution in [0, 0.1) is 6.92 Å². The van der Waals surface area contributed by atoms with E-state index in [0.29, 0.717) is 0 Å². The maximum absolute atomic E-state index is 5.59. The van der Waals surface area contributed by atoms with Crippen LogP contribution < -0.4 is 11.3 Å². The number of nitrogens with two attached hydrogens (primary N) is 1. The van der Waals surface area contributed by atoms with Crippen molar-refractivity contribution in [1.29, 1.82) is 0 Å². The van der Waals surface area contributed by atoms with Crippen LogP contribution in [0.4, 0.5) is 0 Å². The number of halogens is 1. The van der Waals surface area contributed by atoms with E-state index in [1.165, 1.54) is 5.56 Å². The lowest BCUT2D eigenvalue weighted by Crippen LogP contribution is -2.29. The Kier molecular flexibility index (Phi) is 3.99. The molecule has 0 aliphatic rings. The van der Waals surface area contributed by atoms with Gasteiger partial charge in [-0.05, 0) is 37.1 Å². The van der Waals surface area contributed by atoms with E-state index in [2.05, 4.69) is 33.5 Å². The van der Waals surface area contributed by atoms with Gasteiger partial charge in [-0.1, -0.05) is 28.1 Å². The molecule has 17 heavy (non-hydrogen) atoms. The zero-order valence-electron chi connectivity index (χ0n) is 9.61. The zero-order chi connectivity index (χ0) is 12.3. The minimum atomic E-state index is 0.0774. The molecule has 0 bridgehead atoms. The summed E-state index contributed by atoms with van der Waals surface area (Å²) in [7, 11) is 0. The lowest BCUT2D eigenvalue weighted by molar-refractivity contribution is 0.511. The smallest absolute Gasteiger partial charge is 0.101 e. The third-order valence-electron chi connectivity index (χ3n) is 2.71. The van der Waals surface area contributed by atoms with Crippen molar-refractivity contribution in [3.05, 3.63) is 58.0 Å². The third kappa shape index (κ3) is 3.19. The quantitative estimate of drug-likeness (QED) is 0.673. The highest BCUT2D eigenvalue weighted by Gasteiger charge is 2.12. The van der Waals surface area contributed by atoms with Crippen molar-refractivity contribution in [3.63, 3.8) is 0 Å². The molecule has 1 heterocycles. The lowest BCUT2D eigenvalue weighted by atomic mass is 10.0. The van der Waals surface area contributed by atoms with E-state index in [-0.39, 0.29) is 6.04 Å². The summed E-state index contributed by atoms with van der Waals surface area (Å²) in [5, 5.41) is 0. The van der Waals surface area contributed by atoms with E-state index in [0.717, 1.165) is 22.2 Å². The van der Waals surface area contributed by atoms with Crippen molar-refractivity contribution in [2.45, 2.75) is 19.4 Å². The first kappa shape index (κ1) is 12.4. The van der Waals surface area contributed by atoms with Gasteiger partial charge in [0.05, 0.1) is 12.3 Å². The van der Waals surface area contributed by atoms with Gasteiger partial charge in [-0.2, -0.15) is 0 Å². The van der Waals surface area contributed by atoms with Gasteiger partial charge in [0.15, 0.2) is 0 Å². The fraction of sp³-hybridized carbons (Fsp3) is 0.231. The van der Waals surface area contributed by atoms with Gasteiger partial charge in [-0.3, -0.25) is 11.3 Å². The zero-order valence-corrected chi connectivity index (χ0v) is 11.2. The second-order valence-electron chi connectivity index (χ2n) is 4.04. The fourth-order valence-corrected chi connectivity index (χ4v) is 2.04. The first-order chi connectivity index (χ1) is 8.19. The largest absolute Gasteiger partial charge is 0.469 e. The molecule has 1 aromatic carbocycles. The van der Waals surface area contributed by atoms with Crippen molar-refractivity contribution in [1.82, 2.24) is 5.43 Å². The Morgan fingerprint density at radius 1 is 1.35 bits per heavy atom. The second-order valence-corrected chi connectivity index (χ2v) is 4.96. The van der Waals surface area contributed by atoms with Crippen LogP contribution in [0.25, 0.3) is 0 Å². The van der Waals surface area contributed by atoms with E-state index >= 15 is 0 Å². The van der Waals surface area contributed by atoms with Crippen LogP contribution in [0.1, 0.15) is 22.9 Å². The molecule has 90 valence electrons. The van der Waals surface area contributed by atoms with Crippen LogP contribution in [0.5, 0.6) is 0 Å². The van der Waals surface area contributed by atoms with Crippen LogP contribution in [0.15, 0.2) is 45.5 Å². The SMILES string of the molecule is Cc1cc(C(Cc2ccc(Br)cc2)NN)co1. The Hall–Kier alpha value is -1.10. The fourth-order valence-electron chi connectivity index (χ4n) is 1.78. The van der Waals surface area contributed by atoms with Crippen LogP contribution in [-0.2, 0) is 6.42 Å². The van der Waals surface area contributed by atoms with Crippen LogP contribution in [0.3, 0.4) is 0 Å². The summed E-state index contributed by atoms with van der Waals surface area (Å²) < 4.78 is 6.38. The maximum atomic E-state index is 5.59. The topological polar surface area (TPSA) is 51.2 Å². The molecule has 1 aromatic heterocycles. The van der Waals surface area contributed by atoms with Crippen LogP contribution in [-0.4, -0.2) is 0 Å². The highest BCUT2D eigenvalue weighted by atomic mass is 79.9. The molecular weight excluding hydrogens is 280 g/mol. The van der Waals surface area contributed by atoms with Crippen LogP contribution >= 0.6 is 15.9 Å². The second kappa shape index (κ2) is 5.49. The van der Waals surface area contributed by atoms with Gasteiger partial charge in [-0.25, -0.2) is 0 Å². The molecule has 0 saturated carbocycles. The van der Waals surface area contributed by atoms with Crippen LogP contribution in [0.2, 0.25) is 0 Å². The highest BCUT2D eigenvalue weighted by molar-refractivity contribution is 9.10. The molecule has 0 amide bonds. The molecule has 0 aliphatic heterocycles. The van der Waals surface area contributed by atoms with Gasteiger partial charge in [0, 0.05) is 10.0 Å². The average Bonchev–Trinajstić information content (AvgIpc) is 2.75. The van der Waals surface area contributed by atoms with E-state index < -0.39 is 0 Å².